The van der Waals surface area contributed by atoms with Crippen LogP contribution in [0.4, 0.5) is 16.2 Å². The number of hydrogen-bond acceptors (Lipinski definition) is 7. The van der Waals surface area contributed by atoms with Gasteiger partial charge in [0.05, 0.1) is 10.6 Å². The van der Waals surface area contributed by atoms with Crippen LogP contribution in [0.2, 0.25) is 0 Å². The van der Waals surface area contributed by atoms with E-state index in [1.807, 2.05) is 0 Å². The fourth-order valence-corrected chi connectivity index (χ4v) is 7.35. The first kappa shape index (κ1) is 33.6. The van der Waals surface area contributed by atoms with Gasteiger partial charge in [0.2, 0.25) is 5.91 Å². The number of carboxylic acids is 2. The van der Waals surface area contributed by atoms with Crippen LogP contribution < -0.4 is 14.9 Å². The van der Waals surface area contributed by atoms with E-state index in [1.54, 1.807) is 65.6 Å². The van der Waals surface area contributed by atoms with Gasteiger partial charge in [0.15, 0.2) is 0 Å². The highest BCUT2D eigenvalue weighted by molar-refractivity contribution is 7.93. The van der Waals surface area contributed by atoms with Crippen LogP contribution in [0.1, 0.15) is 29.5 Å². The molecule has 0 saturated carbocycles. The fourth-order valence-electron chi connectivity index (χ4n) is 5.72. The number of nitrogens with two attached hydrogens (primary N) is 1. The molecule has 4 aromatic carbocycles. The largest absolute Gasteiger partial charge is 0.480 e. The summed E-state index contributed by atoms with van der Waals surface area (Å²) in [6.45, 7) is -1.69. The van der Waals surface area contributed by atoms with Gasteiger partial charge in [-0.2, -0.15) is 4.31 Å². The Bertz CT molecular complexity index is 2010. The molecule has 5 N–H and O–H groups in total. The standard InChI is InChI=1S/C34H33N5O8S/c35-33(36)24-13-10-22(11-14-24)12-17-30(40)38-18-4-7-25-19-26(15-16-28(25)38)39(34(45)37(20-31(41)42)21-32(43)44)48(46,47)29-9-3-6-23-5-1-2-8-27(23)29/h1-3,5-6,8-11,13-16,19H,4,7,12,17-18,20-21H2,(H3,35,36)(H,41,42)(H,43,44). The second-order valence-electron chi connectivity index (χ2n) is 11.2. The highest BCUT2D eigenvalue weighted by Gasteiger charge is 2.37. The smallest absolute Gasteiger partial charge is 0.339 e. The Balaban J connectivity index is 1.52. The SMILES string of the molecule is N=C(N)c1ccc(CCC(=O)N2CCCc3cc(N(C(=O)N(CC(=O)O)CC(=O)O)S(=O)(=O)c4cccc5ccccc45)ccc32)cc1. The monoisotopic (exact) mass is 671 g/mol. The van der Waals surface area contributed by atoms with Crippen molar-refractivity contribution < 1.29 is 37.8 Å². The lowest BCUT2D eigenvalue weighted by molar-refractivity contribution is -0.140. The number of carbonyl (C=O) groups is 4. The molecule has 0 bridgehead atoms. The van der Waals surface area contributed by atoms with Crippen LogP contribution >= 0.6 is 0 Å². The number of benzene rings is 4. The molecule has 5 rings (SSSR count). The number of hydrogen-bond donors (Lipinski definition) is 4. The molecule has 0 aromatic heterocycles. The van der Waals surface area contributed by atoms with Crippen LogP contribution in [0.25, 0.3) is 10.8 Å². The molecule has 0 aliphatic carbocycles. The molecule has 1 aliphatic heterocycles. The van der Waals surface area contributed by atoms with Crippen LogP contribution in [0.15, 0.2) is 89.8 Å². The van der Waals surface area contributed by atoms with Crippen molar-refractivity contribution in [2.45, 2.75) is 30.6 Å². The summed E-state index contributed by atoms with van der Waals surface area (Å²) in [7, 11) is -4.75. The van der Waals surface area contributed by atoms with Gasteiger partial charge >= 0.3 is 18.0 Å². The number of rotatable bonds is 11. The van der Waals surface area contributed by atoms with E-state index < -0.39 is 41.1 Å². The second kappa shape index (κ2) is 13.9. The molecule has 4 aromatic rings. The molecule has 48 heavy (non-hydrogen) atoms. The number of nitrogen functional groups attached to an aromatic ring is 1. The van der Waals surface area contributed by atoms with Crippen LogP contribution in [-0.2, 0) is 37.2 Å². The molecule has 248 valence electrons. The van der Waals surface area contributed by atoms with E-state index in [9.17, 15) is 37.8 Å². The van der Waals surface area contributed by atoms with Crippen LogP contribution in [0.5, 0.6) is 0 Å². The molecule has 0 unspecified atom stereocenters. The highest BCUT2D eigenvalue weighted by atomic mass is 32.2. The Labute approximate surface area is 276 Å². The van der Waals surface area contributed by atoms with Gasteiger partial charge in [0.25, 0.3) is 10.0 Å². The molecule has 0 saturated heterocycles. The molecule has 0 spiro atoms. The molecule has 14 heteroatoms. The minimum Gasteiger partial charge on any atom is -0.480 e. The van der Waals surface area contributed by atoms with E-state index in [0.717, 1.165) is 5.56 Å². The summed E-state index contributed by atoms with van der Waals surface area (Å²) >= 11 is 0. The molecule has 0 radical (unpaired) electrons. The summed E-state index contributed by atoms with van der Waals surface area (Å²) in [5.74, 6) is -3.27. The third-order valence-electron chi connectivity index (χ3n) is 7.97. The minimum absolute atomic E-state index is 0.0522. The summed E-state index contributed by atoms with van der Waals surface area (Å²) in [4.78, 5) is 52.4. The number of carbonyl (C=O) groups excluding carboxylic acids is 2. The predicted octanol–water partition coefficient (Wildman–Crippen LogP) is 3.82. The Morgan fingerprint density at radius 2 is 1.54 bits per heavy atom. The molecule has 0 fully saturated rings. The van der Waals surface area contributed by atoms with Crippen molar-refractivity contribution in [1.29, 1.82) is 5.41 Å². The van der Waals surface area contributed by atoms with Gasteiger partial charge in [-0.25, -0.2) is 13.2 Å². The van der Waals surface area contributed by atoms with Gasteiger partial charge < -0.3 is 25.7 Å². The molecular weight excluding hydrogens is 638 g/mol. The zero-order valence-electron chi connectivity index (χ0n) is 25.7. The lowest BCUT2D eigenvalue weighted by Gasteiger charge is -2.32. The number of fused-ring (bicyclic) bond motifs is 2. The summed E-state index contributed by atoms with van der Waals surface area (Å²) in [5, 5.41) is 27.3. The first-order chi connectivity index (χ1) is 22.9. The van der Waals surface area contributed by atoms with Gasteiger partial charge in [-0.3, -0.25) is 19.8 Å². The Kier molecular flexibility index (Phi) is 9.75. The third kappa shape index (κ3) is 7.13. The number of nitrogens with zero attached hydrogens (tertiary/aromatic N) is 3. The molecule has 3 amide bonds. The van der Waals surface area contributed by atoms with Gasteiger partial charge in [-0.1, -0.05) is 60.7 Å². The van der Waals surface area contributed by atoms with Crippen molar-refractivity contribution in [3.8, 4) is 0 Å². The van der Waals surface area contributed by atoms with Gasteiger partial charge in [0, 0.05) is 29.6 Å². The maximum absolute atomic E-state index is 14.4. The van der Waals surface area contributed by atoms with E-state index in [4.69, 9.17) is 11.1 Å². The van der Waals surface area contributed by atoms with Crippen LogP contribution in [0, 0.1) is 5.41 Å². The first-order valence-corrected chi connectivity index (χ1v) is 16.4. The molecule has 0 atom stereocenters. The summed E-state index contributed by atoms with van der Waals surface area (Å²) in [6.07, 6.45) is 1.64. The van der Waals surface area contributed by atoms with Gasteiger partial charge in [0.1, 0.15) is 18.9 Å². The number of urea groups is 1. The maximum atomic E-state index is 14.4. The number of aliphatic carboxylic acids is 2. The normalized spacial score (nSPS) is 12.6. The zero-order valence-corrected chi connectivity index (χ0v) is 26.5. The Hall–Kier alpha value is -5.76. The molecular formula is C34H33N5O8S. The van der Waals surface area contributed by atoms with Crippen molar-refractivity contribution >= 4 is 61.9 Å². The zero-order chi connectivity index (χ0) is 34.6. The highest BCUT2D eigenvalue weighted by Crippen LogP contribution is 2.35. The number of anilines is 2. The number of nitrogens with one attached hydrogen (secondary N) is 1. The lowest BCUT2D eigenvalue weighted by Crippen LogP contribution is -2.50. The van der Waals surface area contributed by atoms with Crippen molar-refractivity contribution in [1.82, 2.24) is 4.90 Å². The summed E-state index contributed by atoms with van der Waals surface area (Å²) in [6, 6.07) is 21.2. The van der Waals surface area contributed by atoms with Gasteiger partial charge in [-0.15, -0.1) is 0 Å². The van der Waals surface area contributed by atoms with Crippen molar-refractivity contribution in [3.05, 3.63) is 102 Å². The van der Waals surface area contributed by atoms with Crippen molar-refractivity contribution in [2.24, 2.45) is 5.73 Å². The Morgan fingerprint density at radius 1 is 0.875 bits per heavy atom. The average molecular weight is 672 g/mol. The minimum atomic E-state index is -4.75. The lowest BCUT2D eigenvalue weighted by atomic mass is 9.99. The summed E-state index contributed by atoms with van der Waals surface area (Å²) < 4.78 is 29.2. The van der Waals surface area contributed by atoms with Crippen LogP contribution in [0.3, 0.4) is 0 Å². The molecule has 1 heterocycles. The predicted molar refractivity (Wildman–Crippen MR) is 179 cm³/mol. The number of amidine groups is 1. The van der Waals surface area contributed by atoms with E-state index in [0.29, 0.717) is 62.6 Å². The Morgan fingerprint density at radius 3 is 2.21 bits per heavy atom. The van der Waals surface area contributed by atoms with E-state index in [2.05, 4.69) is 0 Å². The topological polar surface area (TPSA) is 202 Å². The quantitative estimate of drug-likeness (QED) is 0.135. The second-order valence-corrected chi connectivity index (χ2v) is 13.0. The molecule has 1 aliphatic rings. The van der Waals surface area contributed by atoms with E-state index in [1.165, 1.54) is 24.3 Å². The van der Waals surface area contributed by atoms with E-state index in [-0.39, 0.29) is 28.7 Å². The van der Waals surface area contributed by atoms with Crippen LogP contribution in [-0.4, -0.2) is 72.9 Å². The van der Waals surface area contributed by atoms with Crippen molar-refractivity contribution in [2.75, 3.05) is 28.8 Å². The third-order valence-corrected chi connectivity index (χ3v) is 9.73. The number of carboxylic acid groups (broad SMARTS) is 2. The van der Waals surface area contributed by atoms with E-state index >= 15 is 0 Å². The number of sulfonamides is 1. The average Bonchev–Trinajstić information content (AvgIpc) is 3.06. The first-order valence-electron chi connectivity index (χ1n) is 15.0. The maximum Gasteiger partial charge on any atom is 0.339 e. The number of amides is 3. The fraction of sp³-hybridized carbons (Fsp3) is 0.206. The molecule has 13 nitrogen and oxygen atoms in total. The summed E-state index contributed by atoms with van der Waals surface area (Å²) in [5.41, 5.74) is 7.99. The van der Waals surface area contributed by atoms with Crippen molar-refractivity contribution in [3.63, 3.8) is 0 Å². The number of aryl methyl sites for hydroxylation is 2. The van der Waals surface area contributed by atoms with Gasteiger partial charge in [-0.05, 0) is 60.0 Å².